The number of benzene rings is 1. The van der Waals surface area contributed by atoms with Gasteiger partial charge in [0.2, 0.25) is 0 Å². The molecule has 0 bridgehead atoms. The molecule has 0 amide bonds. The van der Waals surface area contributed by atoms with E-state index in [2.05, 4.69) is 16.8 Å². The van der Waals surface area contributed by atoms with Crippen molar-refractivity contribution in [3.8, 4) is 0 Å². The molecule has 1 saturated heterocycles. The Balaban J connectivity index is 2.00. The number of nitrogens with two attached hydrogens (primary N) is 1. The van der Waals surface area contributed by atoms with Crippen molar-refractivity contribution in [2.45, 2.75) is 13.0 Å². The van der Waals surface area contributed by atoms with Crippen LogP contribution in [0.25, 0.3) is 0 Å². The van der Waals surface area contributed by atoms with Gasteiger partial charge >= 0.3 is 0 Å². The number of nitrogens with zero attached hydrogens (tertiary/aromatic N) is 2. The van der Waals surface area contributed by atoms with Crippen LogP contribution in [0.1, 0.15) is 12.0 Å². The molecule has 1 fully saturated rings. The van der Waals surface area contributed by atoms with Crippen molar-refractivity contribution in [2.75, 3.05) is 39.0 Å². The third kappa shape index (κ3) is 3.41. The van der Waals surface area contributed by atoms with Gasteiger partial charge in [-0.3, -0.25) is 4.90 Å². The number of anilines is 1. The summed E-state index contributed by atoms with van der Waals surface area (Å²) in [6.07, 6.45) is 1.15. The van der Waals surface area contributed by atoms with Crippen molar-refractivity contribution in [3.05, 3.63) is 29.6 Å². The van der Waals surface area contributed by atoms with E-state index in [1.54, 1.807) is 12.1 Å². The molecule has 94 valence electrons. The first kappa shape index (κ1) is 12.3. The van der Waals surface area contributed by atoms with Gasteiger partial charge < -0.3 is 10.6 Å². The standard InChI is InChI=1S/C13H20FN3/c1-16-5-2-6-17(8-7-16)10-11-3-4-12(15)9-13(11)14/h3-4,9H,2,5-8,10,15H2,1H3. The summed E-state index contributed by atoms with van der Waals surface area (Å²) < 4.78 is 13.7. The van der Waals surface area contributed by atoms with Crippen molar-refractivity contribution < 1.29 is 4.39 Å². The van der Waals surface area contributed by atoms with Crippen LogP contribution in [0.3, 0.4) is 0 Å². The maximum atomic E-state index is 13.7. The van der Waals surface area contributed by atoms with Gasteiger partial charge in [-0.25, -0.2) is 4.39 Å². The Kier molecular flexibility index (Phi) is 3.97. The summed E-state index contributed by atoms with van der Waals surface area (Å²) in [4.78, 5) is 4.62. The summed E-state index contributed by atoms with van der Waals surface area (Å²) in [6.45, 7) is 4.89. The summed E-state index contributed by atoms with van der Waals surface area (Å²) in [6, 6.07) is 4.96. The lowest BCUT2D eigenvalue weighted by atomic mass is 10.1. The van der Waals surface area contributed by atoms with Crippen molar-refractivity contribution in [1.82, 2.24) is 9.80 Å². The summed E-state index contributed by atoms with van der Waals surface area (Å²) in [5.41, 5.74) is 6.77. The van der Waals surface area contributed by atoms with Crippen LogP contribution < -0.4 is 5.73 Å². The fourth-order valence-corrected chi connectivity index (χ4v) is 2.19. The molecular weight excluding hydrogens is 217 g/mol. The molecule has 1 aliphatic rings. The molecule has 17 heavy (non-hydrogen) atoms. The lowest BCUT2D eigenvalue weighted by Crippen LogP contribution is -2.28. The number of nitrogen functional groups attached to an aromatic ring is 1. The molecule has 1 heterocycles. The molecule has 2 rings (SSSR count). The van der Waals surface area contributed by atoms with Gasteiger partial charge in [-0.15, -0.1) is 0 Å². The van der Waals surface area contributed by atoms with Crippen molar-refractivity contribution >= 4 is 5.69 Å². The Morgan fingerprint density at radius 1 is 1.24 bits per heavy atom. The Hall–Kier alpha value is -1.13. The van der Waals surface area contributed by atoms with E-state index in [1.165, 1.54) is 6.07 Å². The number of halogens is 1. The molecule has 1 aliphatic heterocycles. The topological polar surface area (TPSA) is 32.5 Å². The Morgan fingerprint density at radius 2 is 2.06 bits per heavy atom. The third-order valence-electron chi connectivity index (χ3n) is 3.28. The number of likely N-dealkylation sites (N-methyl/N-ethyl adjacent to an activating group) is 1. The first-order valence-corrected chi connectivity index (χ1v) is 6.10. The van der Waals surface area contributed by atoms with Crippen LogP contribution in [-0.2, 0) is 6.54 Å². The van der Waals surface area contributed by atoms with Gasteiger partial charge in [-0.05, 0) is 38.7 Å². The SMILES string of the molecule is CN1CCCN(Cc2ccc(N)cc2F)CC1. The van der Waals surface area contributed by atoms with E-state index in [0.717, 1.165) is 38.2 Å². The zero-order valence-electron chi connectivity index (χ0n) is 10.3. The summed E-state index contributed by atoms with van der Waals surface area (Å²) >= 11 is 0. The van der Waals surface area contributed by atoms with Gasteiger partial charge in [-0.1, -0.05) is 6.07 Å². The quantitative estimate of drug-likeness (QED) is 0.792. The minimum Gasteiger partial charge on any atom is -0.399 e. The molecule has 0 radical (unpaired) electrons. The lowest BCUT2D eigenvalue weighted by molar-refractivity contribution is 0.266. The molecule has 0 spiro atoms. The van der Waals surface area contributed by atoms with Crippen LogP contribution >= 0.6 is 0 Å². The van der Waals surface area contributed by atoms with Gasteiger partial charge in [0.15, 0.2) is 0 Å². The molecule has 0 aliphatic carbocycles. The Labute approximate surface area is 102 Å². The maximum absolute atomic E-state index is 13.7. The second kappa shape index (κ2) is 5.47. The largest absolute Gasteiger partial charge is 0.399 e. The van der Waals surface area contributed by atoms with E-state index in [4.69, 9.17) is 5.73 Å². The molecule has 1 aromatic carbocycles. The number of hydrogen-bond donors (Lipinski definition) is 1. The van der Waals surface area contributed by atoms with E-state index in [1.807, 2.05) is 0 Å². The van der Waals surface area contributed by atoms with E-state index < -0.39 is 0 Å². The zero-order valence-corrected chi connectivity index (χ0v) is 10.3. The monoisotopic (exact) mass is 237 g/mol. The Morgan fingerprint density at radius 3 is 2.82 bits per heavy atom. The normalized spacial score (nSPS) is 19.2. The van der Waals surface area contributed by atoms with Crippen LogP contribution in [0.5, 0.6) is 0 Å². The molecule has 3 nitrogen and oxygen atoms in total. The molecule has 0 saturated carbocycles. The highest BCUT2D eigenvalue weighted by Gasteiger charge is 2.13. The molecule has 4 heteroatoms. The van der Waals surface area contributed by atoms with E-state index in [0.29, 0.717) is 12.2 Å². The average Bonchev–Trinajstić information content (AvgIpc) is 2.48. The molecular formula is C13H20FN3. The first-order chi connectivity index (χ1) is 8.15. The highest BCUT2D eigenvalue weighted by atomic mass is 19.1. The van der Waals surface area contributed by atoms with Crippen molar-refractivity contribution in [3.63, 3.8) is 0 Å². The second-order valence-electron chi connectivity index (χ2n) is 4.78. The van der Waals surface area contributed by atoms with Crippen LogP contribution in [0, 0.1) is 5.82 Å². The second-order valence-corrected chi connectivity index (χ2v) is 4.78. The molecule has 0 aromatic heterocycles. The first-order valence-electron chi connectivity index (χ1n) is 6.10. The highest BCUT2D eigenvalue weighted by Crippen LogP contribution is 2.15. The van der Waals surface area contributed by atoms with Gasteiger partial charge in [-0.2, -0.15) is 0 Å². The zero-order chi connectivity index (χ0) is 12.3. The van der Waals surface area contributed by atoms with Crippen LogP contribution in [-0.4, -0.2) is 43.0 Å². The van der Waals surface area contributed by atoms with E-state index >= 15 is 0 Å². The molecule has 2 N–H and O–H groups in total. The minimum absolute atomic E-state index is 0.192. The number of rotatable bonds is 2. The fraction of sp³-hybridized carbons (Fsp3) is 0.538. The smallest absolute Gasteiger partial charge is 0.129 e. The predicted octanol–water partition coefficient (Wildman–Crippen LogP) is 1.55. The average molecular weight is 237 g/mol. The fourth-order valence-electron chi connectivity index (χ4n) is 2.19. The van der Waals surface area contributed by atoms with Gasteiger partial charge in [0.1, 0.15) is 5.82 Å². The van der Waals surface area contributed by atoms with Crippen LogP contribution in [0.2, 0.25) is 0 Å². The van der Waals surface area contributed by atoms with Crippen molar-refractivity contribution in [2.24, 2.45) is 0 Å². The summed E-state index contributed by atoms with van der Waals surface area (Å²) in [5, 5.41) is 0. The summed E-state index contributed by atoms with van der Waals surface area (Å²) in [7, 11) is 2.13. The lowest BCUT2D eigenvalue weighted by Gasteiger charge is -2.20. The molecule has 0 atom stereocenters. The van der Waals surface area contributed by atoms with Gasteiger partial charge in [0, 0.05) is 30.9 Å². The third-order valence-corrected chi connectivity index (χ3v) is 3.28. The van der Waals surface area contributed by atoms with E-state index in [-0.39, 0.29) is 5.82 Å². The van der Waals surface area contributed by atoms with Crippen LogP contribution in [0.15, 0.2) is 18.2 Å². The van der Waals surface area contributed by atoms with Crippen molar-refractivity contribution in [1.29, 1.82) is 0 Å². The minimum atomic E-state index is -0.192. The Bertz CT molecular complexity index is 381. The number of hydrogen-bond acceptors (Lipinski definition) is 3. The summed E-state index contributed by atoms with van der Waals surface area (Å²) in [5.74, 6) is -0.192. The predicted molar refractivity (Wildman–Crippen MR) is 68.2 cm³/mol. The van der Waals surface area contributed by atoms with Gasteiger partial charge in [0.05, 0.1) is 0 Å². The maximum Gasteiger partial charge on any atom is 0.129 e. The molecule has 1 aromatic rings. The van der Waals surface area contributed by atoms with Gasteiger partial charge in [0.25, 0.3) is 0 Å². The highest BCUT2D eigenvalue weighted by molar-refractivity contribution is 5.40. The molecule has 0 unspecified atom stereocenters. The van der Waals surface area contributed by atoms with E-state index in [9.17, 15) is 4.39 Å². The van der Waals surface area contributed by atoms with Crippen LogP contribution in [0.4, 0.5) is 10.1 Å².